The van der Waals surface area contributed by atoms with Crippen LogP contribution in [0.2, 0.25) is 0 Å². The van der Waals surface area contributed by atoms with Gasteiger partial charge in [-0.25, -0.2) is 13.2 Å². The maximum atomic E-state index is 14.3. The van der Waals surface area contributed by atoms with E-state index in [0.717, 1.165) is 25.7 Å². The van der Waals surface area contributed by atoms with Crippen LogP contribution in [-0.4, -0.2) is 6.61 Å². The van der Waals surface area contributed by atoms with E-state index in [1.807, 2.05) is 6.92 Å². The van der Waals surface area contributed by atoms with E-state index in [4.69, 9.17) is 4.74 Å². The molecule has 0 aliphatic carbocycles. The summed E-state index contributed by atoms with van der Waals surface area (Å²) >= 11 is 0. The van der Waals surface area contributed by atoms with Gasteiger partial charge in [0.2, 0.25) is 0 Å². The Balaban J connectivity index is 2.21. The SMILES string of the molecule is CCCCCOc1ccc(-c2ccc(CCC)c(F)c2F)cc1F. The summed E-state index contributed by atoms with van der Waals surface area (Å²) in [6.07, 6.45) is 4.14. The van der Waals surface area contributed by atoms with Crippen LogP contribution in [0.4, 0.5) is 13.2 Å². The van der Waals surface area contributed by atoms with Crippen LogP contribution in [0.25, 0.3) is 11.1 Å². The van der Waals surface area contributed by atoms with Crippen molar-refractivity contribution < 1.29 is 17.9 Å². The summed E-state index contributed by atoms with van der Waals surface area (Å²) in [4.78, 5) is 0. The molecule has 0 atom stereocenters. The molecule has 0 saturated heterocycles. The molecular formula is C20H23F3O. The van der Waals surface area contributed by atoms with Crippen molar-refractivity contribution in [1.82, 2.24) is 0 Å². The van der Waals surface area contributed by atoms with Crippen LogP contribution in [0.5, 0.6) is 5.75 Å². The van der Waals surface area contributed by atoms with Crippen LogP contribution in [0, 0.1) is 17.5 Å². The predicted octanol–water partition coefficient (Wildman–Crippen LogP) is 6.29. The first-order valence-electron chi connectivity index (χ1n) is 8.48. The smallest absolute Gasteiger partial charge is 0.166 e. The van der Waals surface area contributed by atoms with Gasteiger partial charge in [-0.15, -0.1) is 0 Å². The van der Waals surface area contributed by atoms with Crippen LogP contribution in [-0.2, 0) is 6.42 Å². The number of aryl methyl sites for hydroxylation is 1. The van der Waals surface area contributed by atoms with Crippen LogP contribution in [0.3, 0.4) is 0 Å². The number of benzene rings is 2. The van der Waals surface area contributed by atoms with Crippen LogP contribution in [0.1, 0.15) is 45.1 Å². The summed E-state index contributed by atoms with van der Waals surface area (Å²) in [5, 5.41) is 0. The number of ether oxygens (including phenoxy) is 1. The van der Waals surface area contributed by atoms with Gasteiger partial charge in [-0.1, -0.05) is 51.3 Å². The van der Waals surface area contributed by atoms with Crippen molar-refractivity contribution >= 4 is 0 Å². The molecule has 0 aliphatic heterocycles. The lowest BCUT2D eigenvalue weighted by molar-refractivity contribution is 0.291. The molecule has 2 aromatic carbocycles. The Hall–Kier alpha value is -1.97. The molecule has 0 fully saturated rings. The van der Waals surface area contributed by atoms with Crippen LogP contribution in [0.15, 0.2) is 30.3 Å². The van der Waals surface area contributed by atoms with Crippen molar-refractivity contribution in [2.24, 2.45) is 0 Å². The summed E-state index contributed by atoms with van der Waals surface area (Å²) in [5.41, 5.74) is 0.701. The molecule has 1 nitrogen and oxygen atoms in total. The summed E-state index contributed by atoms with van der Waals surface area (Å²) in [6, 6.07) is 7.26. The van der Waals surface area contributed by atoms with Gasteiger partial charge < -0.3 is 4.74 Å². The molecule has 0 bridgehead atoms. The van der Waals surface area contributed by atoms with E-state index in [2.05, 4.69) is 6.92 Å². The lowest BCUT2D eigenvalue weighted by Gasteiger charge is -2.11. The van der Waals surface area contributed by atoms with E-state index < -0.39 is 17.5 Å². The molecule has 0 amide bonds. The van der Waals surface area contributed by atoms with Crippen LogP contribution < -0.4 is 4.74 Å². The summed E-state index contributed by atoms with van der Waals surface area (Å²) in [5.74, 6) is -2.22. The number of unbranched alkanes of at least 4 members (excludes halogenated alkanes) is 2. The Bertz CT molecular complexity index is 683. The van der Waals surface area contributed by atoms with Gasteiger partial charge in [0.25, 0.3) is 0 Å². The van der Waals surface area contributed by atoms with E-state index in [9.17, 15) is 13.2 Å². The molecular weight excluding hydrogens is 313 g/mol. The third kappa shape index (κ3) is 4.31. The monoisotopic (exact) mass is 336 g/mol. The van der Waals surface area contributed by atoms with Crippen molar-refractivity contribution in [3.05, 3.63) is 53.3 Å². The van der Waals surface area contributed by atoms with Gasteiger partial charge in [-0.3, -0.25) is 0 Å². The van der Waals surface area contributed by atoms with Gasteiger partial charge in [-0.05, 0) is 36.1 Å². The zero-order chi connectivity index (χ0) is 17.5. The lowest BCUT2D eigenvalue weighted by Crippen LogP contribution is -2.00. The molecule has 2 aromatic rings. The minimum atomic E-state index is -0.933. The van der Waals surface area contributed by atoms with Crippen molar-refractivity contribution in [3.63, 3.8) is 0 Å². The highest BCUT2D eigenvalue weighted by atomic mass is 19.2. The van der Waals surface area contributed by atoms with E-state index in [-0.39, 0.29) is 11.3 Å². The zero-order valence-corrected chi connectivity index (χ0v) is 14.2. The summed E-state index contributed by atoms with van der Waals surface area (Å²) in [7, 11) is 0. The number of rotatable bonds is 8. The Morgan fingerprint density at radius 2 is 1.67 bits per heavy atom. The fraction of sp³-hybridized carbons (Fsp3) is 0.400. The summed E-state index contributed by atoms with van der Waals surface area (Å²) in [6.45, 7) is 4.42. The molecule has 0 aromatic heterocycles. The highest BCUT2D eigenvalue weighted by Gasteiger charge is 2.15. The first-order valence-corrected chi connectivity index (χ1v) is 8.48. The largest absolute Gasteiger partial charge is 0.491 e. The normalized spacial score (nSPS) is 10.9. The minimum Gasteiger partial charge on any atom is -0.491 e. The molecule has 0 radical (unpaired) electrons. The molecule has 0 aliphatic rings. The van der Waals surface area contributed by atoms with E-state index in [1.165, 1.54) is 18.2 Å². The standard InChI is InChI=1S/C20H23F3O/c1-3-5-6-12-24-18-11-9-15(13-17(18)21)16-10-8-14(7-4-2)19(22)20(16)23/h8-11,13H,3-7,12H2,1-2H3. The third-order valence-corrected chi connectivity index (χ3v) is 3.93. The molecule has 0 saturated carbocycles. The van der Waals surface area contributed by atoms with Crippen molar-refractivity contribution in [2.75, 3.05) is 6.61 Å². The number of hydrogen-bond acceptors (Lipinski definition) is 1. The van der Waals surface area contributed by atoms with Gasteiger partial charge in [0, 0.05) is 5.56 Å². The van der Waals surface area contributed by atoms with Gasteiger partial charge in [0.05, 0.1) is 6.61 Å². The quantitative estimate of drug-likeness (QED) is 0.515. The van der Waals surface area contributed by atoms with E-state index >= 15 is 0 Å². The molecule has 0 N–H and O–H groups in total. The Kier molecular flexibility index (Phi) is 6.71. The maximum absolute atomic E-state index is 14.3. The Morgan fingerprint density at radius 1 is 0.875 bits per heavy atom. The van der Waals surface area contributed by atoms with Gasteiger partial charge >= 0.3 is 0 Å². The molecule has 0 unspecified atom stereocenters. The average Bonchev–Trinajstić information content (AvgIpc) is 2.57. The zero-order valence-electron chi connectivity index (χ0n) is 14.2. The van der Waals surface area contributed by atoms with Crippen molar-refractivity contribution in [2.45, 2.75) is 46.0 Å². The first kappa shape index (κ1) is 18.4. The topological polar surface area (TPSA) is 9.23 Å². The predicted molar refractivity (Wildman–Crippen MR) is 90.8 cm³/mol. The number of halogens is 3. The molecule has 2 rings (SSSR count). The lowest BCUT2D eigenvalue weighted by atomic mass is 10.0. The molecule has 0 heterocycles. The Labute approximate surface area is 141 Å². The second-order valence-electron chi connectivity index (χ2n) is 5.85. The molecule has 24 heavy (non-hydrogen) atoms. The minimum absolute atomic E-state index is 0.0591. The maximum Gasteiger partial charge on any atom is 0.166 e. The summed E-state index contributed by atoms with van der Waals surface area (Å²) < 4.78 is 47.9. The molecule has 4 heteroatoms. The van der Waals surface area contributed by atoms with Gasteiger partial charge in [0.15, 0.2) is 23.2 Å². The first-order chi connectivity index (χ1) is 11.6. The average molecular weight is 336 g/mol. The van der Waals surface area contributed by atoms with E-state index in [0.29, 0.717) is 24.2 Å². The second-order valence-corrected chi connectivity index (χ2v) is 5.85. The second kappa shape index (κ2) is 8.76. The van der Waals surface area contributed by atoms with Crippen molar-refractivity contribution in [3.8, 4) is 16.9 Å². The van der Waals surface area contributed by atoms with Gasteiger partial charge in [0.1, 0.15) is 0 Å². The van der Waals surface area contributed by atoms with Crippen LogP contribution >= 0.6 is 0 Å². The molecule has 130 valence electrons. The fourth-order valence-corrected chi connectivity index (χ4v) is 2.59. The number of hydrogen-bond donors (Lipinski definition) is 0. The van der Waals surface area contributed by atoms with Crippen molar-refractivity contribution in [1.29, 1.82) is 0 Å². The highest BCUT2D eigenvalue weighted by molar-refractivity contribution is 5.65. The Morgan fingerprint density at radius 3 is 2.33 bits per heavy atom. The van der Waals surface area contributed by atoms with E-state index in [1.54, 1.807) is 12.1 Å². The fourth-order valence-electron chi connectivity index (χ4n) is 2.59. The molecule has 0 spiro atoms. The highest BCUT2D eigenvalue weighted by Crippen LogP contribution is 2.30. The third-order valence-electron chi connectivity index (χ3n) is 3.93. The van der Waals surface area contributed by atoms with Gasteiger partial charge in [-0.2, -0.15) is 0 Å².